The van der Waals surface area contributed by atoms with E-state index >= 15 is 0 Å². The van der Waals surface area contributed by atoms with Crippen molar-refractivity contribution in [3.05, 3.63) is 77.2 Å². The molecule has 190 valence electrons. The van der Waals surface area contributed by atoms with Crippen LogP contribution >= 0.6 is 11.8 Å². The third-order valence-electron chi connectivity index (χ3n) is 6.68. The van der Waals surface area contributed by atoms with Crippen LogP contribution in [0.5, 0.6) is 0 Å². The van der Waals surface area contributed by atoms with E-state index < -0.39 is 0 Å². The summed E-state index contributed by atoms with van der Waals surface area (Å²) in [7, 11) is 2.17. The van der Waals surface area contributed by atoms with E-state index in [1.165, 1.54) is 32.1 Å². The van der Waals surface area contributed by atoms with Gasteiger partial charge in [0, 0.05) is 54.8 Å². The van der Waals surface area contributed by atoms with Crippen LogP contribution in [0.4, 0.5) is 5.82 Å². The van der Waals surface area contributed by atoms with Gasteiger partial charge in [0.05, 0.1) is 5.69 Å². The SMILES string of the molecule is CN(c1cc(C(C)(C)C)nc(SCc2cccc(C(=O)NCc3cccnc3)c2)n1)C1CCCCC1. The van der Waals surface area contributed by atoms with Crippen LogP contribution in [0.25, 0.3) is 0 Å². The Morgan fingerprint density at radius 3 is 2.56 bits per heavy atom. The molecule has 3 aromatic rings. The molecule has 0 bridgehead atoms. The van der Waals surface area contributed by atoms with E-state index in [2.05, 4.69) is 49.1 Å². The Kier molecular flexibility index (Phi) is 8.62. The van der Waals surface area contributed by atoms with E-state index in [4.69, 9.17) is 9.97 Å². The van der Waals surface area contributed by atoms with Crippen molar-refractivity contribution in [2.45, 2.75) is 81.8 Å². The first kappa shape index (κ1) is 26.1. The Morgan fingerprint density at radius 2 is 1.83 bits per heavy atom. The molecule has 2 heterocycles. The molecular weight excluding hydrogens is 466 g/mol. The Balaban J connectivity index is 1.45. The number of nitrogens with one attached hydrogen (secondary N) is 1. The van der Waals surface area contributed by atoms with Gasteiger partial charge < -0.3 is 10.2 Å². The lowest BCUT2D eigenvalue weighted by Crippen LogP contribution is -2.34. The standard InChI is InChI=1S/C29H37N5OS/c1-29(2,3)25-17-26(34(4)24-13-6-5-7-14-24)33-28(32-25)36-20-21-10-8-12-23(16-21)27(35)31-19-22-11-9-15-30-18-22/h8-12,15-18,24H,5-7,13-14,19-20H2,1-4H3,(H,31,35). The molecule has 36 heavy (non-hydrogen) atoms. The van der Waals surface area contributed by atoms with Crippen molar-refractivity contribution < 1.29 is 4.79 Å². The molecule has 0 unspecified atom stereocenters. The fourth-order valence-corrected chi connectivity index (χ4v) is 5.23. The summed E-state index contributed by atoms with van der Waals surface area (Å²) in [5, 5.41) is 3.76. The van der Waals surface area contributed by atoms with Crippen LogP contribution in [0.1, 0.15) is 80.1 Å². The van der Waals surface area contributed by atoms with Crippen LogP contribution in [0.3, 0.4) is 0 Å². The third kappa shape index (κ3) is 7.06. The van der Waals surface area contributed by atoms with E-state index in [-0.39, 0.29) is 11.3 Å². The van der Waals surface area contributed by atoms with E-state index in [1.807, 2.05) is 36.4 Å². The fourth-order valence-electron chi connectivity index (χ4n) is 4.44. The smallest absolute Gasteiger partial charge is 0.251 e. The Hall–Kier alpha value is -2.93. The number of aromatic nitrogens is 3. The molecule has 2 aromatic heterocycles. The van der Waals surface area contributed by atoms with Crippen molar-refractivity contribution in [3.8, 4) is 0 Å². The molecular formula is C29H37N5OS. The summed E-state index contributed by atoms with van der Waals surface area (Å²) in [5.41, 5.74) is 3.69. The number of thioether (sulfide) groups is 1. The van der Waals surface area contributed by atoms with Gasteiger partial charge in [0.1, 0.15) is 5.82 Å². The molecule has 1 aromatic carbocycles. The second-order valence-corrected chi connectivity index (χ2v) is 11.5. The zero-order valence-electron chi connectivity index (χ0n) is 21.8. The van der Waals surface area contributed by atoms with E-state index in [0.29, 0.717) is 23.9 Å². The Morgan fingerprint density at radius 1 is 1.06 bits per heavy atom. The zero-order valence-corrected chi connectivity index (χ0v) is 22.6. The topological polar surface area (TPSA) is 71.0 Å². The molecule has 6 nitrogen and oxygen atoms in total. The Labute approximate surface area is 219 Å². The molecule has 0 saturated heterocycles. The van der Waals surface area contributed by atoms with Crippen LogP contribution in [-0.4, -0.2) is 33.9 Å². The lowest BCUT2D eigenvalue weighted by Gasteiger charge is -2.33. The highest BCUT2D eigenvalue weighted by molar-refractivity contribution is 7.98. The van der Waals surface area contributed by atoms with Gasteiger partial charge in [0.2, 0.25) is 0 Å². The molecule has 0 radical (unpaired) electrons. The number of pyridine rings is 1. The molecule has 1 saturated carbocycles. The number of rotatable bonds is 8. The summed E-state index contributed by atoms with van der Waals surface area (Å²) < 4.78 is 0. The molecule has 4 rings (SSSR count). The molecule has 0 atom stereocenters. The summed E-state index contributed by atoms with van der Waals surface area (Å²) in [6.45, 7) is 7.04. The maximum Gasteiger partial charge on any atom is 0.251 e. The van der Waals surface area contributed by atoms with Crippen LogP contribution in [0.15, 0.2) is 60.0 Å². The predicted octanol–water partition coefficient (Wildman–Crippen LogP) is 6.16. The summed E-state index contributed by atoms with van der Waals surface area (Å²) in [4.78, 5) is 29.0. The third-order valence-corrected chi connectivity index (χ3v) is 7.60. The quantitative estimate of drug-likeness (QED) is 0.293. The fraction of sp³-hybridized carbons (Fsp3) is 0.448. The van der Waals surface area contributed by atoms with E-state index in [1.54, 1.807) is 24.2 Å². The van der Waals surface area contributed by atoms with E-state index in [9.17, 15) is 4.79 Å². The van der Waals surface area contributed by atoms with Crippen molar-refractivity contribution in [1.29, 1.82) is 0 Å². The highest BCUT2D eigenvalue weighted by Crippen LogP contribution is 2.31. The number of carbonyl (C=O) groups is 1. The average molecular weight is 504 g/mol. The number of carbonyl (C=O) groups excluding carboxylic acids is 1. The maximum atomic E-state index is 12.7. The molecule has 1 aliphatic rings. The molecule has 1 N–H and O–H groups in total. The van der Waals surface area contributed by atoms with Crippen LogP contribution in [0, 0.1) is 0 Å². The van der Waals surface area contributed by atoms with E-state index in [0.717, 1.165) is 27.8 Å². The van der Waals surface area contributed by atoms with Gasteiger partial charge in [-0.15, -0.1) is 0 Å². The average Bonchev–Trinajstić information content (AvgIpc) is 2.90. The van der Waals surface area contributed by atoms with Gasteiger partial charge in [-0.2, -0.15) is 0 Å². The second-order valence-electron chi connectivity index (χ2n) is 10.6. The van der Waals surface area contributed by atoms with Crippen molar-refractivity contribution >= 4 is 23.5 Å². The zero-order chi connectivity index (χ0) is 25.5. The number of hydrogen-bond acceptors (Lipinski definition) is 6. The number of nitrogens with zero attached hydrogens (tertiary/aromatic N) is 4. The summed E-state index contributed by atoms with van der Waals surface area (Å²) in [6.07, 6.45) is 9.86. The minimum absolute atomic E-state index is 0.0628. The summed E-state index contributed by atoms with van der Waals surface area (Å²) >= 11 is 1.62. The lowest BCUT2D eigenvalue weighted by molar-refractivity contribution is 0.0951. The molecule has 7 heteroatoms. The highest BCUT2D eigenvalue weighted by atomic mass is 32.2. The molecule has 0 aliphatic heterocycles. The molecule has 1 fully saturated rings. The largest absolute Gasteiger partial charge is 0.357 e. The number of amides is 1. The Bertz CT molecular complexity index is 1160. The van der Waals surface area contributed by atoms with Gasteiger partial charge in [-0.05, 0) is 42.2 Å². The van der Waals surface area contributed by atoms with Crippen molar-refractivity contribution in [3.63, 3.8) is 0 Å². The first-order chi connectivity index (χ1) is 17.3. The molecule has 0 spiro atoms. The minimum Gasteiger partial charge on any atom is -0.357 e. The van der Waals surface area contributed by atoms with Gasteiger partial charge in [0.15, 0.2) is 5.16 Å². The van der Waals surface area contributed by atoms with Crippen LogP contribution in [0.2, 0.25) is 0 Å². The molecule has 1 amide bonds. The first-order valence-corrected chi connectivity index (χ1v) is 13.8. The van der Waals surface area contributed by atoms with Crippen molar-refractivity contribution in [1.82, 2.24) is 20.3 Å². The first-order valence-electron chi connectivity index (χ1n) is 12.8. The maximum absolute atomic E-state index is 12.7. The highest BCUT2D eigenvalue weighted by Gasteiger charge is 2.23. The number of hydrogen-bond donors (Lipinski definition) is 1. The predicted molar refractivity (Wildman–Crippen MR) is 147 cm³/mol. The lowest BCUT2D eigenvalue weighted by atomic mass is 9.91. The van der Waals surface area contributed by atoms with Crippen molar-refractivity contribution in [2.24, 2.45) is 0 Å². The molecule has 1 aliphatic carbocycles. The monoisotopic (exact) mass is 503 g/mol. The van der Waals surface area contributed by atoms with Gasteiger partial charge in [0.25, 0.3) is 5.91 Å². The minimum atomic E-state index is -0.0897. The van der Waals surface area contributed by atoms with Gasteiger partial charge in [-0.25, -0.2) is 9.97 Å². The van der Waals surface area contributed by atoms with Crippen LogP contribution < -0.4 is 10.2 Å². The number of benzene rings is 1. The van der Waals surface area contributed by atoms with Crippen LogP contribution in [-0.2, 0) is 17.7 Å². The summed E-state index contributed by atoms with van der Waals surface area (Å²) in [5.74, 6) is 1.62. The van der Waals surface area contributed by atoms with Gasteiger partial charge in [-0.1, -0.05) is 70.0 Å². The summed E-state index contributed by atoms with van der Waals surface area (Å²) in [6, 6.07) is 14.3. The van der Waals surface area contributed by atoms with Gasteiger partial charge in [-0.3, -0.25) is 9.78 Å². The number of anilines is 1. The normalized spacial score (nSPS) is 14.4. The second kappa shape index (κ2) is 11.9. The van der Waals surface area contributed by atoms with Gasteiger partial charge >= 0.3 is 0 Å². The van der Waals surface area contributed by atoms with Crippen molar-refractivity contribution in [2.75, 3.05) is 11.9 Å².